The SMILES string of the molecule is COCCN(Cc1nccn1Cc1ccccc1C(F)(F)F)C(=O)CC(C)C. The molecule has 1 amide bonds. The number of rotatable bonds is 9. The first-order chi connectivity index (χ1) is 13.2. The summed E-state index contributed by atoms with van der Waals surface area (Å²) in [5, 5.41) is 0. The number of aromatic nitrogens is 2. The summed E-state index contributed by atoms with van der Waals surface area (Å²) in [4.78, 5) is 18.4. The number of imidazole rings is 1. The molecule has 0 spiro atoms. The zero-order valence-corrected chi connectivity index (χ0v) is 16.4. The number of ether oxygens (including phenoxy) is 1. The van der Waals surface area contributed by atoms with E-state index in [1.165, 1.54) is 18.3 Å². The van der Waals surface area contributed by atoms with E-state index >= 15 is 0 Å². The van der Waals surface area contributed by atoms with Gasteiger partial charge in [-0.3, -0.25) is 4.79 Å². The smallest absolute Gasteiger partial charge is 0.383 e. The Morgan fingerprint density at radius 3 is 2.64 bits per heavy atom. The Kier molecular flexibility index (Phi) is 7.62. The van der Waals surface area contributed by atoms with Crippen molar-refractivity contribution in [3.05, 3.63) is 53.6 Å². The molecule has 0 aliphatic carbocycles. The monoisotopic (exact) mass is 397 g/mol. The number of hydrogen-bond donors (Lipinski definition) is 0. The Bertz CT molecular complexity index is 772. The lowest BCUT2D eigenvalue weighted by molar-refractivity contribution is -0.138. The van der Waals surface area contributed by atoms with Gasteiger partial charge in [-0.2, -0.15) is 13.2 Å². The van der Waals surface area contributed by atoms with Crippen LogP contribution < -0.4 is 0 Å². The number of alkyl halides is 3. The third-order valence-corrected chi connectivity index (χ3v) is 4.30. The Hall–Kier alpha value is -2.35. The summed E-state index contributed by atoms with van der Waals surface area (Å²) in [6.45, 7) is 4.94. The van der Waals surface area contributed by atoms with Crippen LogP contribution in [0.25, 0.3) is 0 Å². The van der Waals surface area contributed by atoms with Crippen LogP contribution in [0.3, 0.4) is 0 Å². The van der Waals surface area contributed by atoms with Crippen LogP contribution in [-0.4, -0.2) is 40.6 Å². The van der Waals surface area contributed by atoms with Crippen molar-refractivity contribution < 1.29 is 22.7 Å². The molecule has 0 N–H and O–H groups in total. The van der Waals surface area contributed by atoms with Gasteiger partial charge in [0.05, 0.1) is 18.7 Å². The Morgan fingerprint density at radius 1 is 1.29 bits per heavy atom. The second kappa shape index (κ2) is 9.73. The Balaban J connectivity index is 2.21. The van der Waals surface area contributed by atoms with Crippen LogP contribution in [0, 0.1) is 5.92 Å². The van der Waals surface area contributed by atoms with E-state index in [0.717, 1.165) is 6.07 Å². The van der Waals surface area contributed by atoms with Crippen molar-refractivity contribution in [1.29, 1.82) is 0 Å². The number of benzene rings is 1. The van der Waals surface area contributed by atoms with Gasteiger partial charge < -0.3 is 14.2 Å². The van der Waals surface area contributed by atoms with Gasteiger partial charge >= 0.3 is 6.18 Å². The molecule has 154 valence electrons. The normalized spacial score (nSPS) is 11.8. The fraction of sp³-hybridized carbons (Fsp3) is 0.500. The van der Waals surface area contributed by atoms with E-state index in [-0.39, 0.29) is 30.5 Å². The zero-order chi connectivity index (χ0) is 20.7. The molecule has 1 heterocycles. The van der Waals surface area contributed by atoms with Gasteiger partial charge in [-0.25, -0.2) is 4.98 Å². The molecule has 0 saturated heterocycles. The molecule has 2 aromatic rings. The summed E-state index contributed by atoms with van der Waals surface area (Å²) in [6.07, 6.45) is -0.868. The highest BCUT2D eigenvalue weighted by Gasteiger charge is 2.33. The van der Waals surface area contributed by atoms with Gasteiger partial charge in [-0.05, 0) is 17.5 Å². The molecular formula is C20H26F3N3O2. The first-order valence-corrected chi connectivity index (χ1v) is 9.14. The van der Waals surface area contributed by atoms with E-state index in [4.69, 9.17) is 4.74 Å². The second-order valence-electron chi connectivity index (χ2n) is 7.03. The maximum absolute atomic E-state index is 13.3. The van der Waals surface area contributed by atoms with Crippen molar-refractivity contribution in [2.24, 2.45) is 5.92 Å². The van der Waals surface area contributed by atoms with Crippen LogP contribution in [0.2, 0.25) is 0 Å². The van der Waals surface area contributed by atoms with Gasteiger partial charge in [-0.1, -0.05) is 32.0 Å². The number of amides is 1. The molecule has 0 fully saturated rings. The van der Waals surface area contributed by atoms with Crippen LogP contribution in [0.1, 0.15) is 37.2 Å². The summed E-state index contributed by atoms with van der Waals surface area (Å²) in [6, 6.07) is 5.48. The van der Waals surface area contributed by atoms with E-state index in [1.54, 1.807) is 28.8 Å². The molecular weight excluding hydrogens is 371 g/mol. The summed E-state index contributed by atoms with van der Waals surface area (Å²) < 4.78 is 46.5. The number of carbonyl (C=O) groups excluding carboxylic acids is 1. The van der Waals surface area contributed by atoms with Gasteiger partial charge in [0.25, 0.3) is 0 Å². The maximum Gasteiger partial charge on any atom is 0.416 e. The highest BCUT2D eigenvalue weighted by Crippen LogP contribution is 2.32. The van der Waals surface area contributed by atoms with Crippen molar-refractivity contribution in [2.75, 3.05) is 20.3 Å². The highest BCUT2D eigenvalue weighted by molar-refractivity contribution is 5.76. The first-order valence-electron chi connectivity index (χ1n) is 9.14. The Labute approximate surface area is 163 Å². The molecule has 1 aromatic carbocycles. The van der Waals surface area contributed by atoms with Crippen molar-refractivity contribution in [3.8, 4) is 0 Å². The molecule has 0 unspecified atom stereocenters. The van der Waals surface area contributed by atoms with Crippen molar-refractivity contribution in [1.82, 2.24) is 14.5 Å². The fourth-order valence-corrected chi connectivity index (χ4v) is 2.90. The third kappa shape index (κ3) is 6.09. The zero-order valence-electron chi connectivity index (χ0n) is 16.4. The average molecular weight is 397 g/mol. The molecule has 0 radical (unpaired) electrons. The van der Waals surface area contributed by atoms with Crippen molar-refractivity contribution >= 4 is 5.91 Å². The van der Waals surface area contributed by atoms with E-state index in [1.807, 2.05) is 13.8 Å². The van der Waals surface area contributed by atoms with Gasteiger partial charge in [0.2, 0.25) is 5.91 Å². The van der Waals surface area contributed by atoms with E-state index < -0.39 is 11.7 Å². The molecule has 28 heavy (non-hydrogen) atoms. The van der Waals surface area contributed by atoms with Crippen molar-refractivity contribution in [2.45, 2.75) is 39.5 Å². The second-order valence-corrected chi connectivity index (χ2v) is 7.03. The fourth-order valence-electron chi connectivity index (χ4n) is 2.90. The predicted molar refractivity (Wildman–Crippen MR) is 99.5 cm³/mol. The molecule has 0 aliphatic heterocycles. The minimum Gasteiger partial charge on any atom is -0.383 e. The summed E-state index contributed by atoms with van der Waals surface area (Å²) in [5.41, 5.74) is -0.507. The average Bonchev–Trinajstić information content (AvgIpc) is 3.04. The summed E-state index contributed by atoms with van der Waals surface area (Å²) in [5.74, 6) is 0.707. The maximum atomic E-state index is 13.3. The Morgan fingerprint density at radius 2 is 2.00 bits per heavy atom. The molecule has 0 bridgehead atoms. The number of methoxy groups -OCH3 is 1. The number of halogens is 3. The molecule has 2 rings (SSSR count). The van der Waals surface area contributed by atoms with Crippen molar-refractivity contribution in [3.63, 3.8) is 0 Å². The van der Waals surface area contributed by atoms with Crippen LogP contribution in [0.15, 0.2) is 36.7 Å². The van der Waals surface area contributed by atoms with E-state index in [0.29, 0.717) is 25.4 Å². The van der Waals surface area contributed by atoms with Gasteiger partial charge in [0, 0.05) is 39.0 Å². The van der Waals surface area contributed by atoms with Crippen LogP contribution in [-0.2, 0) is 28.8 Å². The highest BCUT2D eigenvalue weighted by atomic mass is 19.4. The third-order valence-electron chi connectivity index (χ3n) is 4.30. The largest absolute Gasteiger partial charge is 0.416 e. The number of hydrogen-bond acceptors (Lipinski definition) is 3. The van der Waals surface area contributed by atoms with Gasteiger partial charge in [0.15, 0.2) is 0 Å². The molecule has 1 aromatic heterocycles. The van der Waals surface area contributed by atoms with Crippen LogP contribution in [0.4, 0.5) is 13.2 Å². The van der Waals surface area contributed by atoms with Crippen LogP contribution >= 0.6 is 0 Å². The molecule has 5 nitrogen and oxygen atoms in total. The molecule has 8 heteroatoms. The quantitative estimate of drug-likeness (QED) is 0.643. The van der Waals surface area contributed by atoms with Crippen LogP contribution in [0.5, 0.6) is 0 Å². The molecule has 0 atom stereocenters. The van der Waals surface area contributed by atoms with E-state index in [2.05, 4.69) is 4.98 Å². The molecule has 0 aliphatic rings. The first kappa shape index (κ1) is 21.9. The molecule has 0 saturated carbocycles. The standard InChI is InChI=1S/C20H26F3N3O2/c1-15(2)12-19(27)26(10-11-28-3)14-18-24-8-9-25(18)13-16-6-4-5-7-17(16)20(21,22)23/h4-9,15H,10-14H2,1-3H3. The minimum atomic E-state index is -4.42. The number of carbonyl (C=O) groups is 1. The van der Waals surface area contributed by atoms with Gasteiger partial charge in [0.1, 0.15) is 5.82 Å². The van der Waals surface area contributed by atoms with E-state index in [9.17, 15) is 18.0 Å². The predicted octanol–water partition coefficient (Wildman–Crippen LogP) is 3.97. The summed E-state index contributed by atoms with van der Waals surface area (Å²) in [7, 11) is 1.56. The summed E-state index contributed by atoms with van der Waals surface area (Å²) >= 11 is 0. The lowest BCUT2D eigenvalue weighted by atomic mass is 10.1. The topological polar surface area (TPSA) is 47.4 Å². The lowest BCUT2D eigenvalue weighted by Gasteiger charge is -2.24. The number of nitrogens with zero attached hydrogens (tertiary/aromatic N) is 3. The van der Waals surface area contributed by atoms with Gasteiger partial charge in [-0.15, -0.1) is 0 Å². The minimum absolute atomic E-state index is 0.0293. The lowest BCUT2D eigenvalue weighted by Crippen LogP contribution is -2.35.